The van der Waals surface area contributed by atoms with Crippen LogP contribution in [0, 0.1) is 0 Å². The molecular formula is C10H20N2O. The minimum atomic E-state index is -0.331. The first-order chi connectivity index (χ1) is 6.02. The van der Waals surface area contributed by atoms with Crippen LogP contribution in [0.5, 0.6) is 0 Å². The van der Waals surface area contributed by atoms with E-state index in [0.29, 0.717) is 11.6 Å². The number of nitrogens with zero attached hydrogens (tertiary/aromatic N) is 1. The van der Waals surface area contributed by atoms with Gasteiger partial charge in [-0.25, -0.2) is 0 Å². The van der Waals surface area contributed by atoms with Crippen molar-refractivity contribution in [3.63, 3.8) is 0 Å². The average molecular weight is 184 g/mol. The molecule has 0 aliphatic rings. The molecule has 0 aromatic rings. The first-order valence-corrected chi connectivity index (χ1v) is 4.71. The number of hydrogen-bond acceptors (Lipinski definition) is 2. The Morgan fingerprint density at radius 1 is 1.54 bits per heavy atom. The minimum Gasteiger partial charge on any atom is -0.366 e. The van der Waals surface area contributed by atoms with Gasteiger partial charge in [0.05, 0.1) is 0 Å². The van der Waals surface area contributed by atoms with Crippen LogP contribution in [0.25, 0.3) is 0 Å². The molecule has 0 aromatic carbocycles. The summed E-state index contributed by atoms with van der Waals surface area (Å²) in [5.41, 5.74) is 5.80. The summed E-state index contributed by atoms with van der Waals surface area (Å²) in [5, 5.41) is 0. The van der Waals surface area contributed by atoms with Crippen molar-refractivity contribution in [1.29, 1.82) is 0 Å². The highest BCUT2D eigenvalue weighted by atomic mass is 16.1. The molecule has 2 N–H and O–H groups in total. The minimum absolute atomic E-state index is 0.317. The number of nitrogens with two attached hydrogens (primary N) is 1. The zero-order chi connectivity index (χ0) is 10.4. The van der Waals surface area contributed by atoms with E-state index >= 15 is 0 Å². The third-order valence-electron chi connectivity index (χ3n) is 2.31. The Hall–Kier alpha value is -0.830. The highest BCUT2D eigenvalue weighted by Crippen LogP contribution is 2.06. The standard InChI is InChI=1S/C10H20N2O/c1-5-9(12(4)6-2)7-8(3)10(11)13/h7,9H,5-6H2,1-4H3,(H2,11,13)/b8-7+. The molecule has 76 valence electrons. The van der Waals surface area contributed by atoms with Crippen molar-refractivity contribution in [3.8, 4) is 0 Å². The van der Waals surface area contributed by atoms with Crippen LogP contribution in [0.15, 0.2) is 11.6 Å². The van der Waals surface area contributed by atoms with Gasteiger partial charge in [0.15, 0.2) is 0 Å². The molecule has 1 atom stereocenters. The molecule has 3 nitrogen and oxygen atoms in total. The van der Waals surface area contributed by atoms with Crippen molar-refractivity contribution in [2.24, 2.45) is 5.73 Å². The van der Waals surface area contributed by atoms with Crippen LogP contribution in [-0.4, -0.2) is 30.4 Å². The predicted octanol–water partition coefficient (Wildman–Crippen LogP) is 1.15. The number of carbonyl (C=O) groups excluding carboxylic acids is 1. The van der Waals surface area contributed by atoms with Crippen molar-refractivity contribution in [3.05, 3.63) is 11.6 Å². The summed E-state index contributed by atoms with van der Waals surface area (Å²) in [6, 6.07) is 0.317. The number of hydrogen-bond donors (Lipinski definition) is 1. The number of amides is 1. The van der Waals surface area contributed by atoms with Gasteiger partial charge in [-0.1, -0.05) is 19.9 Å². The molecule has 0 saturated carbocycles. The van der Waals surface area contributed by atoms with Crippen molar-refractivity contribution >= 4 is 5.91 Å². The van der Waals surface area contributed by atoms with Crippen LogP contribution in [0.3, 0.4) is 0 Å². The molecule has 0 fully saturated rings. The lowest BCUT2D eigenvalue weighted by molar-refractivity contribution is -0.114. The summed E-state index contributed by atoms with van der Waals surface area (Å²) in [5.74, 6) is -0.331. The molecule has 1 unspecified atom stereocenters. The number of carbonyl (C=O) groups is 1. The fourth-order valence-corrected chi connectivity index (χ4v) is 1.16. The first kappa shape index (κ1) is 12.2. The van der Waals surface area contributed by atoms with E-state index in [2.05, 4.69) is 18.7 Å². The van der Waals surface area contributed by atoms with Crippen molar-refractivity contribution < 1.29 is 4.79 Å². The van der Waals surface area contributed by atoms with Crippen LogP contribution in [0.1, 0.15) is 27.2 Å². The van der Waals surface area contributed by atoms with E-state index < -0.39 is 0 Å². The smallest absolute Gasteiger partial charge is 0.244 e. The van der Waals surface area contributed by atoms with Crippen LogP contribution < -0.4 is 5.73 Å². The van der Waals surface area contributed by atoms with Crippen LogP contribution in [-0.2, 0) is 4.79 Å². The molecule has 0 heterocycles. The summed E-state index contributed by atoms with van der Waals surface area (Å²) >= 11 is 0. The average Bonchev–Trinajstić information content (AvgIpc) is 2.12. The molecule has 0 aromatic heterocycles. The van der Waals surface area contributed by atoms with E-state index in [1.165, 1.54) is 0 Å². The molecule has 0 aliphatic carbocycles. The summed E-state index contributed by atoms with van der Waals surface area (Å²) in [7, 11) is 2.04. The molecule has 0 spiro atoms. The Bertz CT molecular complexity index is 199. The summed E-state index contributed by atoms with van der Waals surface area (Å²) < 4.78 is 0. The Labute approximate surface area is 80.6 Å². The Balaban J connectivity index is 4.43. The third kappa shape index (κ3) is 4.08. The predicted molar refractivity (Wildman–Crippen MR) is 55.3 cm³/mol. The van der Waals surface area contributed by atoms with Gasteiger partial charge < -0.3 is 10.6 Å². The van der Waals surface area contributed by atoms with Crippen molar-refractivity contribution in [2.45, 2.75) is 33.2 Å². The molecular weight excluding hydrogens is 164 g/mol. The Morgan fingerprint density at radius 3 is 2.38 bits per heavy atom. The van der Waals surface area contributed by atoms with E-state index in [4.69, 9.17) is 5.73 Å². The van der Waals surface area contributed by atoms with E-state index in [9.17, 15) is 4.79 Å². The van der Waals surface area contributed by atoms with Gasteiger partial charge in [-0.05, 0) is 26.9 Å². The van der Waals surface area contributed by atoms with E-state index in [1.807, 2.05) is 13.1 Å². The van der Waals surface area contributed by atoms with Gasteiger partial charge in [-0.3, -0.25) is 4.79 Å². The molecule has 0 bridgehead atoms. The lowest BCUT2D eigenvalue weighted by Gasteiger charge is -2.23. The largest absolute Gasteiger partial charge is 0.366 e. The Kier molecular flexibility index (Phi) is 5.39. The molecule has 0 radical (unpaired) electrons. The lowest BCUT2D eigenvalue weighted by atomic mass is 10.1. The highest BCUT2D eigenvalue weighted by molar-refractivity contribution is 5.91. The lowest BCUT2D eigenvalue weighted by Crippen LogP contribution is -2.30. The van der Waals surface area contributed by atoms with E-state index in [1.54, 1.807) is 6.92 Å². The molecule has 0 aliphatic heterocycles. The first-order valence-electron chi connectivity index (χ1n) is 4.71. The van der Waals surface area contributed by atoms with Gasteiger partial charge in [0.1, 0.15) is 0 Å². The van der Waals surface area contributed by atoms with Crippen LogP contribution in [0.2, 0.25) is 0 Å². The molecule has 13 heavy (non-hydrogen) atoms. The van der Waals surface area contributed by atoms with Crippen molar-refractivity contribution in [2.75, 3.05) is 13.6 Å². The van der Waals surface area contributed by atoms with Crippen molar-refractivity contribution in [1.82, 2.24) is 4.90 Å². The number of likely N-dealkylation sites (N-methyl/N-ethyl adjacent to an activating group) is 1. The number of rotatable bonds is 5. The van der Waals surface area contributed by atoms with Gasteiger partial charge in [-0.15, -0.1) is 0 Å². The summed E-state index contributed by atoms with van der Waals surface area (Å²) in [6.07, 6.45) is 2.93. The topological polar surface area (TPSA) is 46.3 Å². The van der Waals surface area contributed by atoms with E-state index in [-0.39, 0.29) is 5.91 Å². The second-order valence-electron chi connectivity index (χ2n) is 3.26. The van der Waals surface area contributed by atoms with Gasteiger partial charge in [-0.2, -0.15) is 0 Å². The molecule has 0 saturated heterocycles. The maximum absolute atomic E-state index is 10.8. The van der Waals surface area contributed by atoms with Gasteiger partial charge >= 0.3 is 0 Å². The number of primary amides is 1. The highest BCUT2D eigenvalue weighted by Gasteiger charge is 2.09. The van der Waals surface area contributed by atoms with Gasteiger partial charge in [0.2, 0.25) is 5.91 Å². The second-order valence-corrected chi connectivity index (χ2v) is 3.26. The van der Waals surface area contributed by atoms with E-state index in [0.717, 1.165) is 13.0 Å². The third-order valence-corrected chi connectivity index (χ3v) is 2.31. The maximum Gasteiger partial charge on any atom is 0.244 e. The molecule has 1 amide bonds. The summed E-state index contributed by atoms with van der Waals surface area (Å²) in [4.78, 5) is 13.0. The quantitative estimate of drug-likeness (QED) is 0.651. The summed E-state index contributed by atoms with van der Waals surface area (Å²) in [6.45, 7) is 6.92. The molecule has 3 heteroatoms. The van der Waals surface area contributed by atoms with Gasteiger partial charge in [0.25, 0.3) is 0 Å². The SMILES string of the molecule is CCC(/C=C(\C)C(N)=O)N(C)CC. The van der Waals surface area contributed by atoms with Gasteiger partial charge in [0, 0.05) is 11.6 Å². The fraction of sp³-hybridized carbons (Fsp3) is 0.700. The van der Waals surface area contributed by atoms with Crippen LogP contribution in [0.4, 0.5) is 0 Å². The second kappa shape index (κ2) is 5.75. The van der Waals surface area contributed by atoms with Crippen LogP contribution >= 0.6 is 0 Å². The molecule has 0 rings (SSSR count). The zero-order valence-electron chi connectivity index (χ0n) is 9.00. The monoisotopic (exact) mass is 184 g/mol. The maximum atomic E-state index is 10.8. The zero-order valence-corrected chi connectivity index (χ0v) is 9.00. The normalized spacial score (nSPS) is 14.7. The fourth-order valence-electron chi connectivity index (χ4n) is 1.16. The Morgan fingerprint density at radius 2 is 2.08 bits per heavy atom.